The van der Waals surface area contributed by atoms with Crippen LogP contribution in [0.3, 0.4) is 0 Å². The number of ketones is 1. The second-order valence-corrected chi connectivity index (χ2v) is 4.03. The number of Topliss-reactive ketones (excluding diaryl/α,β-unsaturated/α-hetero) is 1. The molecule has 0 bridgehead atoms. The van der Waals surface area contributed by atoms with Crippen molar-refractivity contribution in [3.05, 3.63) is 0 Å². The molecule has 0 saturated heterocycles. The zero-order chi connectivity index (χ0) is 8.39. The highest BCUT2D eigenvalue weighted by Crippen LogP contribution is 2.30. The zero-order valence-corrected chi connectivity index (χ0v) is 7.42. The summed E-state index contributed by atoms with van der Waals surface area (Å²) in [6.45, 7) is 0.901. The minimum Gasteiger partial charge on any atom is -0.377 e. The van der Waals surface area contributed by atoms with Crippen molar-refractivity contribution in [2.24, 2.45) is 5.92 Å². The molecule has 2 aliphatic carbocycles. The third-order valence-corrected chi connectivity index (χ3v) is 2.70. The molecule has 0 radical (unpaired) electrons. The van der Waals surface area contributed by atoms with Gasteiger partial charge in [0.1, 0.15) is 5.78 Å². The summed E-state index contributed by atoms with van der Waals surface area (Å²) in [4.78, 5) is 11.1. The summed E-state index contributed by atoms with van der Waals surface area (Å²) < 4.78 is 5.66. The van der Waals surface area contributed by atoms with Crippen LogP contribution >= 0.6 is 0 Å². The molecule has 2 aliphatic rings. The third-order valence-electron chi connectivity index (χ3n) is 2.70. The lowest BCUT2D eigenvalue weighted by Gasteiger charge is -2.20. The first-order valence-electron chi connectivity index (χ1n) is 4.98. The number of carbonyl (C=O) groups is 1. The van der Waals surface area contributed by atoms with Crippen molar-refractivity contribution in [2.75, 3.05) is 6.61 Å². The minimum atomic E-state index is 0.256. The summed E-state index contributed by atoms with van der Waals surface area (Å²) >= 11 is 0. The van der Waals surface area contributed by atoms with Gasteiger partial charge in [-0.25, -0.2) is 0 Å². The van der Waals surface area contributed by atoms with Crippen LogP contribution in [-0.2, 0) is 9.53 Å². The maximum absolute atomic E-state index is 11.1. The van der Waals surface area contributed by atoms with Gasteiger partial charge in [0.15, 0.2) is 0 Å². The molecule has 0 aromatic rings. The van der Waals surface area contributed by atoms with Crippen LogP contribution in [0.1, 0.15) is 38.5 Å². The van der Waals surface area contributed by atoms with Crippen molar-refractivity contribution in [3.63, 3.8) is 0 Å². The summed E-state index contributed by atoms with van der Waals surface area (Å²) in [6, 6.07) is 0. The normalized spacial score (nSPS) is 30.7. The van der Waals surface area contributed by atoms with Crippen molar-refractivity contribution in [1.29, 1.82) is 0 Å². The number of rotatable bonds is 3. The van der Waals surface area contributed by atoms with Crippen LogP contribution in [0.5, 0.6) is 0 Å². The Balaban J connectivity index is 1.67. The molecule has 0 aromatic heterocycles. The Morgan fingerprint density at radius 1 is 1.33 bits per heavy atom. The molecule has 12 heavy (non-hydrogen) atoms. The van der Waals surface area contributed by atoms with E-state index in [2.05, 4.69) is 0 Å². The lowest BCUT2D eigenvalue weighted by molar-refractivity contribution is -0.124. The van der Waals surface area contributed by atoms with Crippen molar-refractivity contribution >= 4 is 5.78 Å². The predicted octanol–water partition coefficient (Wildman–Crippen LogP) is 1.92. The van der Waals surface area contributed by atoms with Gasteiger partial charge in [0, 0.05) is 19.4 Å². The Labute approximate surface area is 73.3 Å². The molecule has 0 spiro atoms. The molecule has 1 atom stereocenters. The van der Waals surface area contributed by atoms with Crippen LogP contribution in [0, 0.1) is 5.92 Å². The molecular formula is C10H16O2. The Morgan fingerprint density at radius 2 is 2.17 bits per heavy atom. The standard InChI is InChI=1S/C10H16O2/c11-9-2-1-3-10(6-9)12-7-8-4-5-8/h8,10H,1-7H2. The van der Waals surface area contributed by atoms with E-state index in [1.54, 1.807) is 0 Å². The van der Waals surface area contributed by atoms with Crippen LogP contribution in [0.15, 0.2) is 0 Å². The molecule has 2 saturated carbocycles. The van der Waals surface area contributed by atoms with E-state index in [4.69, 9.17) is 4.74 Å². The first kappa shape index (κ1) is 8.24. The van der Waals surface area contributed by atoms with Crippen molar-refractivity contribution in [1.82, 2.24) is 0 Å². The highest BCUT2D eigenvalue weighted by atomic mass is 16.5. The lowest BCUT2D eigenvalue weighted by Crippen LogP contribution is -2.23. The van der Waals surface area contributed by atoms with Crippen molar-refractivity contribution < 1.29 is 9.53 Å². The molecule has 2 rings (SSSR count). The van der Waals surface area contributed by atoms with E-state index in [9.17, 15) is 4.79 Å². The lowest BCUT2D eigenvalue weighted by atomic mass is 9.96. The smallest absolute Gasteiger partial charge is 0.135 e. The van der Waals surface area contributed by atoms with E-state index in [1.165, 1.54) is 12.8 Å². The van der Waals surface area contributed by atoms with Crippen LogP contribution < -0.4 is 0 Å². The quantitative estimate of drug-likeness (QED) is 0.643. The van der Waals surface area contributed by atoms with E-state index in [0.717, 1.165) is 31.8 Å². The first-order valence-corrected chi connectivity index (χ1v) is 4.98. The Hall–Kier alpha value is -0.370. The highest BCUT2D eigenvalue weighted by molar-refractivity contribution is 5.79. The van der Waals surface area contributed by atoms with Gasteiger partial charge in [0.05, 0.1) is 6.10 Å². The molecule has 0 aromatic carbocycles. The predicted molar refractivity (Wildman–Crippen MR) is 45.9 cm³/mol. The second kappa shape index (κ2) is 3.56. The van der Waals surface area contributed by atoms with Gasteiger partial charge < -0.3 is 4.74 Å². The molecule has 0 amide bonds. The summed E-state index contributed by atoms with van der Waals surface area (Å²) in [6.07, 6.45) is 6.51. The van der Waals surface area contributed by atoms with E-state index in [0.29, 0.717) is 12.2 Å². The fraction of sp³-hybridized carbons (Fsp3) is 0.900. The molecule has 0 heterocycles. The molecule has 68 valence electrons. The fourth-order valence-electron chi connectivity index (χ4n) is 1.68. The molecule has 0 aliphatic heterocycles. The molecule has 2 fully saturated rings. The van der Waals surface area contributed by atoms with E-state index < -0.39 is 0 Å². The van der Waals surface area contributed by atoms with Crippen molar-refractivity contribution in [3.8, 4) is 0 Å². The van der Waals surface area contributed by atoms with Crippen LogP contribution in [0.4, 0.5) is 0 Å². The van der Waals surface area contributed by atoms with Crippen molar-refractivity contribution in [2.45, 2.75) is 44.6 Å². The molecule has 2 nitrogen and oxygen atoms in total. The second-order valence-electron chi connectivity index (χ2n) is 4.03. The molecular weight excluding hydrogens is 152 g/mol. The summed E-state index contributed by atoms with van der Waals surface area (Å²) in [5, 5.41) is 0. The maximum Gasteiger partial charge on any atom is 0.135 e. The summed E-state index contributed by atoms with van der Waals surface area (Å²) in [7, 11) is 0. The summed E-state index contributed by atoms with van der Waals surface area (Å²) in [5.41, 5.74) is 0. The van der Waals surface area contributed by atoms with E-state index in [1.807, 2.05) is 0 Å². The van der Waals surface area contributed by atoms with Crippen LogP contribution in [0.25, 0.3) is 0 Å². The number of carbonyl (C=O) groups excluding carboxylic acids is 1. The highest BCUT2D eigenvalue weighted by Gasteiger charge is 2.25. The maximum atomic E-state index is 11.1. The average Bonchev–Trinajstić information content (AvgIpc) is 2.84. The minimum absolute atomic E-state index is 0.256. The largest absolute Gasteiger partial charge is 0.377 e. The zero-order valence-electron chi connectivity index (χ0n) is 7.42. The summed E-state index contributed by atoms with van der Waals surface area (Å²) in [5.74, 6) is 1.21. The number of hydrogen-bond donors (Lipinski definition) is 0. The topological polar surface area (TPSA) is 26.3 Å². The van der Waals surface area contributed by atoms with Gasteiger partial charge in [-0.1, -0.05) is 0 Å². The van der Waals surface area contributed by atoms with Crippen LogP contribution in [0.2, 0.25) is 0 Å². The van der Waals surface area contributed by atoms with E-state index in [-0.39, 0.29) is 6.10 Å². The van der Waals surface area contributed by atoms with Gasteiger partial charge in [0.2, 0.25) is 0 Å². The number of hydrogen-bond acceptors (Lipinski definition) is 2. The van der Waals surface area contributed by atoms with Gasteiger partial charge in [-0.15, -0.1) is 0 Å². The van der Waals surface area contributed by atoms with Crippen LogP contribution in [-0.4, -0.2) is 18.5 Å². The number of ether oxygens (including phenoxy) is 1. The Morgan fingerprint density at radius 3 is 2.83 bits per heavy atom. The Bertz CT molecular complexity index is 173. The van der Waals surface area contributed by atoms with Gasteiger partial charge >= 0.3 is 0 Å². The first-order chi connectivity index (χ1) is 5.84. The van der Waals surface area contributed by atoms with E-state index >= 15 is 0 Å². The fourth-order valence-corrected chi connectivity index (χ4v) is 1.68. The SMILES string of the molecule is O=C1CCCC(OCC2CC2)C1. The average molecular weight is 168 g/mol. The van der Waals surface area contributed by atoms with Gasteiger partial charge in [-0.3, -0.25) is 4.79 Å². The molecule has 2 heteroatoms. The monoisotopic (exact) mass is 168 g/mol. The van der Waals surface area contributed by atoms with Gasteiger partial charge in [-0.05, 0) is 31.6 Å². The Kier molecular flexibility index (Phi) is 2.45. The third kappa shape index (κ3) is 2.31. The molecule has 1 unspecified atom stereocenters. The van der Waals surface area contributed by atoms with Gasteiger partial charge in [-0.2, -0.15) is 0 Å². The van der Waals surface area contributed by atoms with Gasteiger partial charge in [0.25, 0.3) is 0 Å². The molecule has 0 N–H and O–H groups in total.